The Kier molecular flexibility index (Phi) is 7.08. The zero-order valence-electron chi connectivity index (χ0n) is 17.4. The normalized spacial score (nSPS) is 11.5. The van der Waals surface area contributed by atoms with E-state index in [2.05, 4.69) is 10.3 Å². The molecular formula is C20H24N4O5S2. The number of nitrogens with one attached hydrogen (secondary N) is 1. The average Bonchev–Trinajstić information content (AvgIpc) is 3.08. The molecule has 0 radical (unpaired) electrons. The molecule has 0 fully saturated rings. The fourth-order valence-electron chi connectivity index (χ4n) is 3.04. The van der Waals surface area contributed by atoms with Crippen molar-refractivity contribution >= 4 is 44.4 Å². The summed E-state index contributed by atoms with van der Waals surface area (Å²) in [5.74, 6) is 0.985. The Balaban J connectivity index is 1.81. The van der Waals surface area contributed by atoms with Crippen molar-refractivity contribution in [2.75, 3.05) is 25.3 Å². The quantitative estimate of drug-likeness (QED) is 0.466. The number of sulfonamides is 1. The summed E-state index contributed by atoms with van der Waals surface area (Å²) in [6.07, 6.45) is 0.850. The first-order chi connectivity index (χ1) is 14.8. The van der Waals surface area contributed by atoms with Crippen molar-refractivity contribution in [3.05, 3.63) is 36.4 Å². The predicted molar refractivity (Wildman–Crippen MR) is 120 cm³/mol. The Morgan fingerprint density at radius 3 is 2.61 bits per heavy atom. The topological polar surface area (TPSA) is 126 Å². The summed E-state index contributed by atoms with van der Waals surface area (Å²) in [4.78, 5) is 17.1. The van der Waals surface area contributed by atoms with Gasteiger partial charge in [-0.2, -0.15) is 0 Å². The number of aryl methyl sites for hydroxylation is 1. The lowest BCUT2D eigenvalue weighted by Crippen LogP contribution is -2.15. The Morgan fingerprint density at radius 1 is 1.19 bits per heavy atom. The number of nitrogens with zero attached hydrogens (tertiary/aromatic N) is 2. The first-order valence-corrected chi connectivity index (χ1v) is 12.0. The number of primary sulfonamides is 1. The third-order valence-electron chi connectivity index (χ3n) is 4.47. The van der Waals surface area contributed by atoms with Crippen molar-refractivity contribution in [2.24, 2.45) is 5.14 Å². The Morgan fingerprint density at radius 2 is 1.97 bits per heavy atom. The number of benzene rings is 2. The molecule has 9 nitrogen and oxygen atoms in total. The van der Waals surface area contributed by atoms with Crippen LogP contribution in [-0.2, 0) is 21.4 Å². The smallest absolute Gasteiger partial charge is 0.238 e. The molecule has 0 aliphatic carbocycles. The highest BCUT2D eigenvalue weighted by Crippen LogP contribution is 2.30. The molecule has 0 spiro atoms. The first-order valence-electron chi connectivity index (χ1n) is 9.44. The zero-order chi connectivity index (χ0) is 22.6. The van der Waals surface area contributed by atoms with Gasteiger partial charge in [0, 0.05) is 12.6 Å². The van der Waals surface area contributed by atoms with Crippen LogP contribution in [0.15, 0.2) is 46.5 Å². The lowest BCUT2D eigenvalue weighted by atomic mass is 10.2. The summed E-state index contributed by atoms with van der Waals surface area (Å²) >= 11 is 1.26. The van der Waals surface area contributed by atoms with E-state index in [1.807, 2.05) is 11.5 Å². The van der Waals surface area contributed by atoms with Gasteiger partial charge in [-0.1, -0.05) is 18.7 Å². The van der Waals surface area contributed by atoms with Gasteiger partial charge in [-0.3, -0.25) is 4.79 Å². The van der Waals surface area contributed by atoms with E-state index in [4.69, 9.17) is 14.6 Å². The van der Waals surface area contributed by atoms with Gasteiger partial charge in [-0.25, -0.2) is 18.5 Å². The molecule has 0 saturated heterocycles. The van der Waals surface area contributed by atoms with E-state index < -0.39 is 10.0 Å². The highest BCUT2D eigenvalue weighted by Gasteiger charge is 2.16. The number of rotatable bonds is 9. The SMILES string of the molecule is CCCn1c(SCC(=O)Nc2cc(OC)ccc2OC)nc2cc(S(N)(=O)=O)ccc21. The third-order valence-corrected chi connectivity index (χ3v) is 6.36. The lowest BCUT2D eigenvalue weighted by molar-refractivity contribution is -0.113. The Bertz CT molecular complexity index is 1210. The second-order valence-corrected chi connectivity index (χ2v) is 9.15. The maximum Gasteiger partial charge on any atom is 0.238 e. The van der Waals surface area contributed by atoms with Crippen LogP contribution in [-0.4, -0.2) is 43.8 Å². The van der Waals surface area contributed by atoms with Crippen LogP contribution in [0.2, 0.25) is 0 Å². The molecular weight excluding hydrogens is 440 g/mol. The fourth-order valence-corrected chi connectivity index (χ4v) is 4.42. The number of anilines is 1. The van der Waals surface area contributed by atoms with Crippen LogP contribution in [0.1, 0.15) is 13.3 Å². The number of amides is 1. The van der Waals surface area contributed by atoms with Gasteiger partial charge in [0.1, 0.15) is 11.5 Å². The van der Waals surface area contributed by atoms with E-state index in [0.717, 1.165) is 11.9 Å². The number of aromatic nitrogens is 2. The number of fused-ring (bicyclic) bond motifs is 1. The van der Waals surface area contributed by atoms with Gasteiger partial charge in [0.25, 0.3) is 0 Å². The number of nitrogens with two attached hydrogens (primary N) is 1. The monoisotopic (exact) mass is 464 g/mol. The fraction of sp³-hybridized carbons (Fsp3) is 0.300. The molecule has 3 rings (SSSR count). The second kappa shape index (κ2) is 9.58. The molecule has 31 heavy (non-hydrogen) atoms. The van der Waals surface area contributed by atoms with Gasteiger partial charge in [-0.05, 0) is 36.8 Å². The minimum Gasteiger partial charge on any atom is -0.497 e. The molecule has 1 aromatic heterocycles. The minimum absolute atomic E-state index is 0.000520. The number of carbonyl (C=O) groups is 1. The number of hydrogen-bond acceptors (Lipinski definition) is 7. The molecule has 0 bridgehead atoms. The van der Waals surface area contributed by atoms with Crippen LogP contribution >= 0.6 is 11.8 Å². The van der Waals surface area contributed by atoms with E-state index in [0.29, 0.717) is 34.4 Å². The van der Waals surface area contributed by atoms with Crippen LogP contribution in [0.5, 0.6) is 11.5 Å². The molecule has 0 aliphatic rings. The van der Waals surface area contributed by atoms with Crippen molar-refractivity contribution < 1.29 is 22.7 Å². The molecule has 0 saturated carbocycles. The maximum atomic E-state index is 12.6. The number of thioether (sulfide) groups is 1. The third kappa shape index (κ3) is 5.30. The van der Waals surface area contributed by atoms with Gasteiger partial charge in [0.05, 0.1) is 41.6 Å². The summed E-state index contributed by atoms with van der Waals surface area (Å²) in [7, 11) is -0.758. The molecule has 1 amide bonds. The standard InChI is InChI=1S/C20H24N4O5S2/c1-4-9-24-17-7-6-14(31(21,26)27)11-15(17)23-20(24)30-12-19(25)22-16-10-13(28-2)5-8-18(16)29-3/h5-8,10-11H,4,9,12H2,1-3H3,(H,22,25)(H2,21,26,27). The van der Waals surface area contributed by atoms with Crippen molar-refractivity contribution in [2.45, 2.75) is 29.9 Å². The summed E-state index contributed by atoms with van der Waals surface area (Å²) in [5.41, 5.74) is 1.80. The number of hydrogen-bond donors (Lipinski definition) is 2. The molecule has 2 aromatic carbocycles. The maximum absolute atomic E-state index is 12.6. The number of carbonyl (C=O) groups excluding carboxylic acids is 1. The van der Waals surface area contributed by atoms with E-state index >= 15 is 0 Å². The van der Waals surface area contributed by atoms with Gasteiger partial charge in [-0.15, -0.1) is 0 Å². The Hall–Kier alpha value is -2.76. The van der Waals surface area contributed by atoms with Crippen LogP contribution in [0.25, 0.3) is 11.0 Å². The first kappa shape index (κ1) is 22.9. The lowest BCUT2D eigenvalue weighted by Gasteiger charge is -2.12. The number of imidazole rings is 1. The second-order valence-electron chi connectivity index (χ2n) is 6.64. The van der Waals surface area contributed by atoms with Crippen molar-refractivity contribution in [1.82, 2.24) is 9.55 Å². The van der Waals surface area contributed by atoms with Gasteiger partial charge in [0.15, 0.2) is 5.16 Å². The molecule has 3 N–H and O–H groups in total. The molecule has 0 atom stereocenters. The highest BCUT2D eigenvalue weighted by molar-refractivity contribution is 7.99. The number of methoxy groups -OCH3 is 2. The van der Waals surface area contributed by atoms with Gasteiger partial charge < -0.3 is 19.4 Å². The van der Waals surface area contributed by atoms with Crippen molar-refractivity contribution in [3.63, 3.8) is 0 Å². The van der Waals surface area contributed by atoms with E-state index in [9.17, 15) is 13.2 Å². The molecule has 11 heteroatoms. The van der Waals surface area contributed by atoms with E-state index in [1.54, 1.807) is 31.4 Å². The highest BCUT2D eigenvalue weighted by atomic mass is 32.2. The van der Waals surface area contributed by atoms with Crippen LogP contribution < -0.4 is 19.9 Å². The molecule has 0 unspecified atom stereocenters. The average molecular weight is 465 g/mol. The Labute approximate surface area is 185 Å². The van der Waals surface area contributed by atoms with Crippen LogP contribution in [0.3, 0.4) is 0 Å². The van der Waals surface area contributed by atoms with E-state index in [1.165, 1.54) is 31.0 Å². The van der Waals surface area contributed by atoms with Gasteiger partial charge >= 0.3 is 0 Å². The van der Waals surface area contributed by atoms with Crippen LogP contribution in [0.4, 0.5) is 5.69 Å². The van der Waals surface area contributed by atoms with Gasteiger partial charge in [0.2, 0.25) is 15.9 Å². The molecule has 3 aromatic rings. The number of ether oxygens (including phenoxy) is 2. The van der Waals surface area contributed by atoms with Crippen molar-refractivity contribution in [3.8, 4) is 11.5 Å². The zero-order valence-corrected chi connectivity index (χ0v) is 19.0. The predicted octanol–water partition coefficient (Wildman–Crippen LogP) is 2.84. The summed E-state index contributed by atoms with van der Waals surface area (Å²) in [5, 5.41) is 8.67. The summed E-state index contributed by atoms with van der Waals surface area (Å²) in [6, 6.07) is 9.73. The van der Waals surface area contributed by atoms with Crippen molar-refractivity contribution in [1.29, 1.82) is 0 Å². The molecule has 0 aliphatic heterocycles. The summed E-state index contributed by atoms with van der Waals surface area (Å²) < 4.78 is 35.7. The largest absolute Gasteiger partial charge is 0.497 e. The van der Waals surface area contributed by atoms with E-state index in [-0.39, 0.29) is 16.6 Å². The molecule has 166 valence electrons. The summed E-state index contributed by atoms with van der Waals surface area (Å²) in [6.45, 7) is 2.71. The minimum atomic E-state index is -3.83. The molecule has 1 heterocycles. The van der Waals surface area contributed by atoms with Crippen LogP contribution in [0, 0.1) is 0 Å².